The van der Waals surface area contributed by atoms with E-state index in [4.69, 9.17) is 4.74 Å². The zero-order valence-corrected chi connectivity index (χ0v) is 11.5. The van der Waals surface area contributed by atoms with Crippen molar-refractivity contribution in [3.05, 3.63) is 24.3 Å². The van der Waals surface area contributed by atoms with Crippen LogP contribution < -0.4 is 15.0 Å². The minimum Gasteiger partial charge on any atom is -0.491 e. The van der Waals surface area contributed by atoms with Crippen LogP contribution in [-0.4, -0.2) is 42.1 Å². The molecule has 0 aliphatic carbocycles. The SMILES string of the molecule is CC(=O)NC(CN1C(=O)CCOc2ccccc21)C(=O)O. The summed E-state index contributed by atoms with van der Waals surface area (Å²) in [5, 5.41) is 11.5. The van der Waals surface area contributed by atoms with Gasteiger partial charge in [0.05, 0.1) is 25.3 Å². The van der Waals surface area contributed by atoms with Gasteiger partial charge in [0.25, 0.3) is 0 Å². The first-order valence-corrected chi connectivity index (χ1v) is 6.51. The summed E-state index contributed by atoms with van der Waals surface area (Å²) in [4.78, 5) is 35.8. The number of hydrogen-bond donors (Lipinski definition) is 2. The molecule has 2 amide bonds. The van der Waals surface area contributed by atoms with Crippen LogP contribution in [0.4, 0.5) is 5.69 Å². The van der Waals surface area contributed by atoms with Gasteiger partial charge in [0.2, 0.25) is 11.8 Å². The molecule has 2 N–H and O–H groups in total. The van der Waals surface area contributed by atoms with Crippen LogP contribution in [0.5, 0.6) is 5.75 Å². The van der Waals surface area contributed by atoms with E-state index in [0.717, 1.165) is 0 Å². The second kappa shape index (κ2) is 6.25. The number of carboxylic acid groups (broad SMARTS) is 1. The van der Waals surface area contributed by atoms with Gasteiger partial charge >= 0.3 is 5.97 Å². The minimum atomic E-state index is -1.19. The van der Waals surface area contributed by atoms with Gasteiger partial charge in [0, 0.05) is 6.92 Å². The summed E-state index contributed by atoms with van der Waals surface area (Å²) in [6.07, 6.45) is 0.154. The molecule has 1 aromatic carbocycles. The highest BCUT2D eigenvalue weighted by molar-refractivity contribution is 5.96. The Kier molecular flexibility index (Phi) is 4.42. The van der Waals surface area contributed by atoms with E-state index in [1.807, 2.05) is 0 Å². The van der Waals surface area contributed by atoms with Crippen molar-refractivity contribution in [1.29, 1.82) is 0 Å². The Balaban J connectivity index is 2.29. The van der Waals surface area contributed by atoms with E-state index in [-0.39, 0.29) is 25.5 Å². The molecule has 0 saturated carbocycles. The number of carbonyl (C=O) groups is 3. The predicted octanol–water partition coefficient (Wildman–Crippen LogP) is 0.391. The first-order chi connectivity index (χ1) is 9.99. The Hall–Kier alpha value is -2.57. The lowest BCUT2D eigenvalue weighted by molar-refractivity contribution is -0.141. The molecule has 1 unspecified atom stereocenters. The molecule has 112 valence electrons. The standard InChI is InChI=1S/C14H16N2O5/c1-9(17)15-10(14(19)20)8-16-11-4-2-3-5-12(11)21-7-6-13(16)18/h2-5,10H,6-8H2,1H3,(H,15,17)(H,19,20). The average molecular weight is 292 g/mol. The summed E-state index contributed by atoms with van der Waals surface area (Å²) >= 11 is 0. The summed E-state index contributed by atoms with van der Waals surface area (Å²) in [5.41, 5.74) is 0.511. The highest BCUT2D eigenvalue weighted by Gasteiger charge is 2.29. The number of fused-ring (bicyclic) bond motifs is 1. The van der Waals surface area contributed by atoms with E-state index in [1.165, 1.54) is 11.8 Å². The Labute approximate surface area is 121 Å². The molecule has 7 nitrogen and oxygen atoms in total. The topological polar surface area (TPSA) is 95.9 Å². The fourth-order valence-corrected chi connectivity index (χ4v) is 2.13. The van der Waals surface area contributed by atoms with Crippen LogP contribution in [0.25, 0.3) is 0 Å². The number of para-hydroxylation sites is 2. The Morgan fingerprint density at radius 2 is 2.14 bits per heavy atom. The van der Waals surface area contributed by atoms with Crippen molar-refractivity contribution in [2.45, 2.75) is 19.4 Å². The Morgan fingerprint density at radius 1 is 1.43 bits per heavy atom. The molecule has 7 heteroatoms. The number of ether oxygens (including phenoxy) is 1. The molecule has 0 saturated heterocycles. The lowest BCUT2D eigenvalue weighted by atomic mass is 10.2. The van der Waals surface area contributed by atoms with Crippen molar-refractivity contribution >= 4 is 23.5 Å². The van der Waals surface area contributed by atoms with Crippen LogP contribution in [0, 0.1) is 0 Å². The van der Waals surface area contributed by atoms with Crippen molar-refractivity contribution in [3.63, 3.8) is 0 Å². The molecule has 1 heterocycles. The van der Waals surface area contributed by atoms with Gasteiger partial charge in [0.15, 0.2) is 0 Å². The minimum absolute atomic E-state index is 0.145. The fraction of sp³-hybridized carbons (Fsp3) is 0.357. The first-order valence-electron chi connectivity index (χ1n) is 6.51. The summed E-state index contributed by atoms with van der Waals surface area (Å²) in [6.45, 7) is 1.33. The molecule has 1 aliphatic heterocycles. The van der Waals surface area contributed by atoms with Gasteiger partial charge < -0.3 is 20.1 Å². The van der Waals surface area contributed by atoms with Gasteiger partial charge in [-0.2, -0.15) is 0 Å². The zero-order chi connectivity index (χ0) is 15.4. The number of nitrogens with one attached hydrogen (secondary N) is 1. The summed E-state index contributed by atoms with van der Waals surface area (Å²) in [7, 11) is 0. The molecule has 21 heavy (non-hydrogen) atoms. The van der Waals surface area contributed by atoms with E-state index >= 15 is 0 Å². The number of nitrogens with zero attached hydrogens (tertiary/aromatic N) is 1. The summed E-state index contributed by atoms with van der Waals surface area (Å²) in [6, 6.07) is 5.75. The molecular formula is C14H16N2O5. The number of benzene rings is 1. The van der Waals surface area contributed by atoms with Crippen molar-refractivity contribution < 1.29 is 24.2 Å². The molecule has 2 rings (SSSR count). The van der Waals surface area contributed by atoms with Gasteiger partial charge in [-0.25, -0.2) is 4.79 Å². The van der Waals surface area contributed by atoms with Crippen LogP contribution in [0.2, 0.25) is 0 Å². The van der Waals surface area contributed by atoms with Gasteiger partial charge in [-0.3, -0.25) is 9.59 Å². The molecule has 0 radical (unpaired) electrons. The molecule has 0 spiro atoms. The molecule has 0 bridgehead atoms. The lowest BCUT2D eigenvalue weighted by Gasteiger charge is -2.25. The maximum atomic E-state index is 12.2. The first kappa shape index (κ1) is 14.8. The van der Waals surface area contributed by atoms with Crippen LogP contribution in [0.1, 0.15) is 13.3 Å². The van der Waals surface area contributed by atoms with E-state index in [0.29, 0.717) is 11.4 Å². The smallest absolute Gasteiger partial charge is 0.328 e. The third-order valence-electron chi connectivity index (χ3n) is 3.07. The van der Waals surface area contributed by atoms with E-state index < -0.39 is 17.9 Å². The number of hydrogen-bond acceptors (Lipinski definition) is 4. The van der Waals surface area contributed by atoms with Crippen LogP contribution in [0.15, 0.2) is 24.3 Å². The monoisotopic (exact) mass is 292 g/mol. The molecule has 1 aliphatic rings. The number of aliphatic carboxylic acids is 1. The number of carbonyl (C=O) groups excluding carboxylic acids is 2. The Morgan fingerprint density at radius 3 is 2.81 bits per heavy atom. The average Bonchev–Trinajstić information content (AvgIpc) is 2.57. The largest absolute Gasteiger partial charge is 0.491 e. The van der Waals surface area contributed by atoms with Crippen molar-refractivity contribution in [1.82, 2.24) is 5.32 Å². The second-order valence-corrected chi connectivity index (χ2v) is 4.66. The van der Waals surface area contributed by atoms with Gasteiger partial charge in [-0.15, -0.1) is 0 Å². The third-order valence-corrected chi connectivity index (χ3v) is 3.07. The third kappa shape index (κ3) is 3.50. The number of rotatable bonds is 4. The van der Waals surface area contributed by atoms with E-state index in [2.05, 4.69) is 5.32 Å². The van der Waals surface area contributed by atoms with Crippen molar-refractivity contribution in [2.75, 3.05) is 18.1 Å². The summed E-state index contributed by atoms with van der Waals surface area (Å²) in [5.74, 6) is -1.37. The molecule has 1 atom stereocenters. The van der Waals surface area contributed by atoms with Crippen LogP contribution in [0.3, 0.4) is 0 Å². The number of carboxylic acids is 1. The van der Waals surface area contributed by atoms with Crippen molar-refractivity contribution in [2.24, 2.45) is 0 Å². The zero-order valence-electron chi connectivity index (χ0n) is 11.5. The lowest BCUT2D eigenvalue weighted by Crippen LogP contribution is -2.49. The number of amides is 2. The Bertz CT molecular complexity index is 572. The van der Waals surface area contributed by atoms with E-state index in [9.17, 15) is 19.5 Å². The maximum Gasteiger partial charge on any atom is 0.328 e. The quantitative estimate of drug-likeness (QED) is 0.837. The highest BCUT2D eigenvalue weighted by Crippen LogP contribution is 2.30. The van der Waals surface area contributed by atoms with Gasteiger partial charge in [0.1, 0.15) is 11.8 Å². The predicted molar refractivity (Wildman–Crippen MR) is 74.1 cm³/mol. The molecule has 0 fully saturated rings. The highest BCUT2D eigenvalue weighted by atomic mass is 16.5. The van der Waals surface area contributed by atoms with Gasteiger partial charge in [-0.1, -0.05) is 12.1 Å². The van der Waals surface area contributed by atoms with Crippen LogP contribution in [-0.2, 0) is 14.4 Å². The normalized spacial score (nSPS) is 15.5. The fourth-order valence-electron chi connectivity index (χ4n) is 2.13. The molecular weight excluding hydrogens is 276 g/mol. The maximum absolute atomic E-state index is 12.2. The number of anilines is 1. The van der Waals surface area contributed by atoms with Crippen LogP contribution >= 0.6 is 0 Å². The van der Waals surface area contributed by atoms with Gasteiger partial charge in [-0.05, 0) is 12.1 Å². The van der Waals surface area contributed by atoms with Crippen molar-refractivity contribution in [3.8, 4) is 5.75 Å². The summed E-state index contributed by atoms with van der Waals surface area (Å²) < 4.78 is 5.47. The molecule has 1 aromatic rings. The second-order valence-electron chi connectivity index (χ2n) is 4.66. The van der Waals surface area contributed by atoms with E-state index in [1.54, 1.807) is 24.3 Å². The molecule has 0 aromatic heterocycles.